The zero-order chi connectivity index (χ0) is 9.40. The second-order valence-corrected chi connectivity index (χ2v) is 5.05. The van der Waals surface area contributed by atoms with Crippen molar-refractivity contribution in [3.63, 3.8) is 0 Å². The van der Waals surface area contributed by atoms with Crippen molar-refractivity contribution in [2.45, 2.75) is 19.9 Å². The molecule has 0 aliphatic heterocycles. The molecule has 70 valence electrons. The SMILES string of the molecule is C=CC(=O)OC[SiH](CC)OCC. The number of hydrogen-bond acceptors (Lipinski definition) is 3. The molecule has 0 heterocycles. The minimum absolute atomic E-state index is 0.361. The van der Waals surface area contributed by atoms with Crippen molar-refractivity contribution in [1.82, 2.24) is 0 Å². The molecule has 1 unspecified atom stereocenters. The van der Waals surface area contributed by atoms with Crippen LogP contribution in [-0.4, -0.2) is 27.8 Å². The summed E-state index contributed by atoms with van der Waals surface area (Å²) in [5.74, 6) is -0.361. The van der Waals surface area contributed by atoms with Crippen molar-refractivity contribution in [2.75, 3.05) is 12.8 Å². The van der Waals surface area contributed by atoms with Crippen LogP contribution in [0.5, 0.6) is 0 Å². The van der Waals surface area contributed by atoms with Crippen LogP contribution in [0.1, 0.15) is 13.8 Å². The molecule has 12 heavy (non-hydrogen) atoms. The van der Waals surface area contributed by atoms with Gasteiger partial charge in [0.15, 0.2) is 0 Å². The molecular formula is C8H16O3Si. The Balaban J connectivity index is 3.56. The first-order valence-electron chi connectivity index (χ1n) is 4.15. The van der Waals surface area contributed by atoms with Gasteiger partial charge in [-0.05, 0) is 13.0 Å². The van der Waals surface area contributed by atoms with Crippen LogP contribution in [0.4, 0.5) is 0 Å². The van der Waals surface area contributed by atoms with Crippen molar-refractivity contribution >= 4 is 15.0 Å². The molecule has 0 saturated heterocycles. The molecule has 0 bridgehead atoms. The zero-order valence-corrected chi connectivity index (χ0v) is 8.86. The molecule has 1 atom stereocenters. The molecule has 0 N–H and O–H groups in total. The van der Waals surface area contributed by atoms with Gasteiger partial charge in [0.05, 0.1) is 0 Å². The molecule has 3 nitrogen and oxygen atoms in total. The molecule has 0 aliphatic carbocycles. The van der Waals surface area contributed by atoms with E-state index in [1.807, 2.05) is 13.8 Å². The Bertz CT molecular complexity index is 147. The number of hydrogen-bond donors (Lipinski definition) is 0. The first-order valence-corrected chi connectivity index (χ1v) is 6.25. The van der Waals surface area contributed by atoms with Gasteiger partial charge >= 0.3 is 5.97 Å². The monoisotopic (exact) mass is 188 g/mol. The smallest absolute Gasteiger partial charge is 0.329 e. The minimum atomic E-state index is -1.27. The van der Waals surface area contributed by atoms with Crippen LogP contribution in [0.15, 0.2) is 12.7 Å². The topological polar surface area (TPSA) is 35.5 Å². The number of rotatable bonds is 6. The summed E-state index contributed by atoms with van der Waals surface area (Å²) in [4.78, 5) is 10.7. The van der Waals surface area contributed by atoms with Gasteiger partial charge in [-0.1, -0.05) is 13.5 Å². The Morgan fingerprint density at radius 3 is 2.67 bits per heavy atom. The van der Waals surface area contributed by atoms with Gasteiger partial charge in [-0.3, -0.25) is 0 Å². The molecule has 4 heteroatoms. The van der Waals surface area contributed by atoms with E-state index in [0.29, 0.717) is 12.8 Å². The van der Waals surface area contributed by atoms with Gasteiger partial charge in [0.1, 0.15) is 6.23 Å². The Morgan fingerprint density at radius 1 is 1.58 bits per heavy atom. The highest BCUT2D eigenvalue weighted by molar-refractivity contribution is 6.51. The third-order valence-corrected chi connectivity index (χ3v) is 3.69. The summed E-state index contributed by atoms with van der Waals surface area (Å²) >= 11 is 0. The van der Waals surface area contributed by atoms with E-state index in [0.717, 1.165) is 6.04 Å². The summed E-state index contributed by atoms with van der Waals surface area (Å²) in [6, 6.07) is 0.984. The second-order valence-electron chi connectivity index (χ2n) is 2.32. The highest BCUT2D eigenvalue weighted by atomic mass is 28.3. The number of ether oxygens (including phenoxy) is 1. The molecule has 0 aliphatic rings. The molecule has 0 aromatic rings. The molecule has 0 saturated carbocycles. The standard InChI is InChI=1S/C8H16O3Si/c1-4-8(9)10-7-12(6-3)11-5-2/h4,12H,1,5-7H2,2-3H3. The lowest BCUT2D eigenvalue weighted by Crippen LogP contribution is -2.25. The first kappa shape index (κ1) is 11.4. The van der Waals surface area contributed by atoms with E-state index in [1.54, 1.807) is 0 Å². The predicted octanol–water partition coefficient (Wildman–Crippen LogP) is 1.03. The van der Waals surface area contributed by atoms with E-state index >= 15 is 0 Å². The van der Waals surface area contributed by atoms with Crippen molar-refractivity contribution in [2.24, 2.45) is 0 Å². The van der Waals surface area contributed by atoms with Gasteiger partial charge in [0.25, 0.3) is 0 Å². The maximum atomic E-state index is 10.7. The Kier molecular flexibility index (Phi) is 6.70. The van der Waals surface area contributed by atoms with Gasteiger partial charge in [-0.2, -0.15) is 0 Å². The van der Waals surface area contributed by atoms with Gasteiger partial charge in [0.2, 0.25) is 9.04 Å². The van der Waals surface area contributed by atoms with Gasteiger partial charge in [-0.25, -0.2) is 4.79 Å². The van der Waals surface area contributed by atoms with E-state index < -0.39 is 9.04 Å². The molecule has 0 rings (SSSR count). The number of carbonyl (C=O) groups is 1. The number of esters is 1. The van der Waals surface area contributed by atoms with Gasteiger partial charge < -0.3 is 9.16 Å². The molecule has 0 amide bonds. The summed E-state index contributed by atoms with van der Waals surface area (Å²) in [5.41, 5.74) is 0. The summed E-state index contributed by atoms with van der Waals surface area (Å²) in [6.07, 6.45) is 1.63. The fourth-order valence-electron chi connectivity index (χ4n) is 0.754. The Hall–Kier alpha value is -0.613. The zero-order valence-electron chi connectivity index (χ0n) is 7.71. The van der Waals surface area contributed by atoms with Crippen LogP contribution in [0.25, 0.3) is 0 Å². The average Bonchev–Trinajstić information content (AvgIpc) is 2.11. The lowest BCUT2D eigenvalue weighted by molar-refractivity contribution is -0.136. The maximum absolute atomic E-state index is 10.7. The molecule has 0 aromatic carbocycles. The van der Waals surface area contributed by atoms with Crippen LogP contribution in [0, 0.1) is 0 Å². The van der Waals surface area contributed by atoms with E-state index in [2.05, 4.69) is 6.58 Å². The fourth-order valence-corrected chi connectivity index (χ4v) is 2.14. The van der Waals surface area contributed by atoms with Crippen molar-refractivity contribution < 1.29 is 14.0 Å². The van der Waals surface area contributed by atoms with Crippen LogP contribution in [0.2, 0.25) is 6.04 Å². The van der Waals surface area contributed by atoms with E-state index in [9.17, 15) is 4.79 Å². The minimum Gasteiger partial charge on any atom is -0.464 e. The maximum Gasteiger partial charge on any atom is 0.329 e. The summed E-state index contributed by atoms with van der Waals surface area (Å²) < 4.78 is 10.3. The van der Waals surface area contributed by atoms with E-state index in [4.69, 9.17) is 9.16 Å². The highest BCUT2D eigenvalue weighted by Gasteiger charge is 2.10. The Labute approximate surface area is 75.1 Å². The molecule has 0 spiro atoms. The third kappa shape index (κ3) is 5.09. The molecule has 0 radical (unpaired) electrons. The highest BCUT2D eigenvalue weighted by Crippen LogP contribution is 1.95. The Morgan fingerprint density at radius 2 is 2.25 bits per heavy atom. The molecular weight excluding hydrogens is 172 g/mol. The van der Waals surface area contributed by atoms with Crippen LogP contribution in [0.3, 0.4) is 0 Å². The van der Waals surface area contributed by atoms with Gasteiger partial charge in [0, 0.05) is 12.7 Å². The summed E-state index contributed by atoms with van der Waals surface area (Å²) in [7, 11) is -1.27. The van der Waals surface area contributed by atoms with E-state index in [1.165, 1.54) is 6.08 Å². The number of carbonyl (C=O) groups excluding carboxylic acids is 1. The van der Waals surface area contributed by atoms with Crippen LogP contribution < -0.4 is 0 Å². The predicted molar refractivity (Wildman–Crippen MR) is 50.4 cm³/mol. The second kappa shape index (κ2) is 7.06. The quantitative estimate of drug-likeness (QED) is 0.355. The van der Waals surface area contributed by atoms with Crippen LogP contribution >= 0.6 is 0 Å². The molecule has 0 aromatic heterocycles. The summed E-state index contributed by atoms with van der Waals surface area (Å²) in [5, 5.41) is 0. The average molecular weight is 188 g/mol. The van der Waals surface area contributed by atoms with Gasteiger partial charge in [-0.15, -0.1) is 0 Å². The summed E-state index contributed by atoms with van der Waals surface area (Å²) in [6.45, 7) is 8.01. The fraction of sp³-hybridized carbons (Fsp3) is 0.625. The first-order chi connectivity index (χ1) is 5.74. The van der Waals surface area contributed by atoms with Crippen LogP contribution in [-0.2, 0) is 14.0 Å². The van der Waals surface area contributed by atoms with E-state index in [-0.39, 0.29) is 5.97 Å². The van der Waals surface area contributed by atoms with Crippen molar-refractivity contribution in [1.29, 1.82) is 0 Å². The lowest BCUT2D eigenvalue weighted by Gasteiger charge is -2.11. The van der Waals surface area contributed by atoms with Crippen molar-refractivity contribution in [3.05, 3.63) is 12.7 Å². The van der Waals surface area contributed by atoms with Crippen molar-refractivity contribution in [3.8, 4) is 0 Å². The largest absolute Gasteiger partial charge is 0.464 e. The molecule has 0 fully saturated rings. The normalized spacial score (nSPS) is 12.2. The lowest BCUT2D eigenvalue weighted by atomic mass is 10.7. The third-order valence-electron chi connectivity index (χ3n) is 1.44.